The van der Waals surface area contributed by atoms with Crippen LogP contribution in [0.15, 0.2) is 18.2 Å². The summed E-state index contributed by atoms with van der Waals surface area (Å²) in [6.07, 6.45) is 2.94. The number of aromatic hydroxyl groups is 1. The number of nitrogens with one attached hydrogen (secondary N) is 1. The summed E-state index contributed by atoms with van der Waals surface area (Å²) in [7, 11) is 1.40. The normalized spacial score (nSPS) is 21.6. The Kier molecular flexibility index (Phi) is 4.83. The second-order valence-corrected chi connectivity index (χ2v) is 5.52. The molecular weight excluding hydrogens is 270 g/mol. The quantitative estimate of drug-likeness (QED) is 0.837. The van der Waals surface area contributed by atoms with Crippen LogP contribution in [0.3, 0.4) is 0 Å². The van der Waals surface area contributed by atoms with E-state index in [1.807, 2.05) is 0 Å². The van der Waals surface area contributed by atoms with Gasteiger partial charge in [0.15, 0.2) is 0 Å². The number of aryl methyl sites for hydroxylation is 1. The summed E-state index contributed by atoms with van der Waals surface area (Å²) in [5.41, 5.74) is 0.974. The molecule has 21 heavy (non-hydrogen) atoms. The average Bonchev–Trinajstić information content (AvgIpc) is 2.50. The third kappa shape index (κ3) is 3.54. The molecule has 0 saturated heterocycles. The molecule has 0 bridgehead atoms. The Morgan fingerprint density at radius 1 is 1.24 bits per heavy atom. The van der Waals surface area contributed by atoms with Gasteiger partial charge in [0.1, 0.15) is 5.75 Å². The first kappa shape index (κ1) is 15.4. The number of para-hydroxylation sites is 1. The van der Waals surface area contributed by atoms with Gasteiger partial charge in [0.05, 0.1) is 18.6 Å². The lowest BCUT2D eigenvalue weighted by molar-refractivity contribution is -0.146. The first-order valence-corrected chi connectivity index (χ1v) is 7.20. The van der Waals surface area contributed by atoms with Crippen LogP contribution in [0.4, 0.5) is 0 Å². The molecule has 0 radical (unpaired) electrons. The summed E-state index contributed by atoms with van der Waals surface area (Å²) >= 11 is 0. The summed E-state index contributed by atoms with van der Waals surface area (Å²) in [6.45, 7) is 1.76. The van der Waals surface area contributed by atoms with Crippen LogP contribution in [0.2, 0.25) is 0 Å². The molecule has 0 atom stereocenters. The smallest absolute Gasteiger partial charge is 0.308 e. The van der Waals surface area contributed by atoms with Crippen molar-refractivity contribution in [3.8, 4) is 5.75 Å². The summed E-state index contributed by atoms with van der Waals surface area (Å²) in [4.78, 5) is 23.7. The molecule has 114 valence electrons. The van der Waals surface area contributed by atoms with Crippen LogP contribution in [0.1, 0.15) is 41.6 Å². The van der Waals surface area contributed by atoms with Crippen molar-refractivity contribution in [1.82, 2.24) is 5.32 Å². The third-order valence-electron chi connectivity index (χ3n) is 4.08. The van der Waals surface area contributed by atoms with Crippen molar-refractivity contribution in [3.05, 3.63) is 29.3 Å². The van der Waals surface area contributed by atoms with Gasteiger partial charge in [0, 0.05) is 6.04 Å². The van der Waals surface area contributed by atoms with Crippen molar-refractivity contribution in [2.24, 2.45) is 5.92 Å². The van der Waals surface area contributed by atoms with Gasteiger partial charge >= 0.3 is 5.97 Å². The van der Waals surface area contributed by atoms with Gasteiger partial charge in [-0.3, -0.25) is 9.59 Å². The first-order chi connectivity index (χ1) is 10.0. The molecule has 0 unspecified atom stereocenters. The molecule has 1 aliphatic carbocycles. The summed E-state index contributed by atoms with van der Waals surface area (Å²) in [5.74, 6) is -0.470. The summed E-state index contributed by atoms with van der Waals surface area (Å²) in [5, 5.41) is 12.9. The van der Waals surface area contributed by atoms with E-state index < -0.39 is 0 Å². The SMILES string of the molecule is COC(=O)C1CCC(NC(=O)c2cccc(C)c2O)CC1. The van der Waals surface area contributed by atoms with E-state index in [-0.39, 0.29) is 29.6 Å². The van der Waals surface area contributed by atoms with Crippen molar-refractivity contribution >= 4 is 11.9 Å². The molecule has 0 spiro atoms. The maximum absolute atomic E-state index is 12.2. The van der Waals surface area contributed by atoms with Crippen LogP contribution < -0.4 is 5.32 Å². The zero-order chi connectivity index (χ0) is 15.4. The second kappa shape index (κ2) is 6.61. The summed E-state index contributed by atoms with van der Waals surface area (Å²) in [6, 6.07) is 5.15. The highest BCUT2D eigenvalue weighted by atomic mass is 16.5. The molecule has 2 rings (SSSR count). The molecule has 5 nitrogen and oxygen atoms in total. The maximum atomic E-state index is 12.2. The average molecular weight is 291 g/mol. The molecule has 0 aromatic heterocycles. The predicted octanol–water partition coefficient (Wildman–Crippen LogP) is 2.16. The highest BCUT2D eigenvalue weighted by Gasteiger charge is 2.28. The van der Waals surface area contributed by atoms with E-state index in [1.54, 1.807) is 25.1 Å². The highest BCUT2D eigenvalue weighted by molar-refractivity contribution is 5.97. The monoisotopic (exact) mass is 291 g/mol. The van der Waals surface area contributed by atoms with Crippen LogP contribution in [-0.2, 0) is 9.53 Å². The van der Waals surface area contributed by atoms with Crippen LogP contribution in [0.5, 0.6) is 5.75 Å². The van der Waals surface area contributed by atoms with Gasteiger partial charge in [-0.25, -0.2) is 0 Å². The number of phenols is 1. The fourth-order valence-corrected chi connectivity index (χ4v) is 2.75. The Balaban J connectivity index is 1.93. The Morgan fingerprint density at radius 3 is 2.52 bits per heavy atom. The van der Waals surface area contributed by atoms with Gasteiger partial charge in [-0.15, -0.1) is 0 Å². The van der Waals surface area contributed by atoms with Crippen molar-refractivity contribution in [1.29, 1.82) is 0 Å². The number of carbonyl (C=O) groups excluding carboxylic acids is 2. The van der Waals surface area contributed by atoms with Crippen LogP contribution in [0, 0.1) is 12.8 Å². The fraction of sp³-hybridized carbons (Fsp3) is 0.500. The van der Waals surface area contributed by atoms with E-state index in [2.05, 4.69) is 5.32 Å². The number of methoxy groups -OCH3 is 1. The molecule has 0 aliphatic heterocycles. The van der Waals surface area contributed by atoms with Gasteiger partial charge in [-0.05, 0) is 44.2 Å². The molecule has 1 fully saturated rings. The van der Waals surface area contributed by atoms with Gasteiger partial charge in [0.25, 0.3) is 5.91 Å². The van der Waals surface area contributed by atoms with Crippen LogP contribution >= 0.6 is 0 Å². The lowest BCUT2D eigenvalue weighted by Gasteiger charge is -2.27. The highest BCUT2D eigenvalue weighted by Crippen LogP contribution is 2.26. The van der Waals surface area contributed by atoms with Crippen molar-refractivity contribution in [2.75, 3.05) is 7.11 Å². The second-order valence-electron chi connectivity index (χ2n) is 5.52. The number of ether oxygens (including phenoxy) is 1. The van der Waals surface area contributed by atoms with Gasteiger partial charge in [-0.1, -0.05) is 12.1 Å². The number of benzene rings is 1. The van der Waals surface area contributed by atoms with Crippen LogP contribution in [0.25, 0.3) is 0 Å². The minimum Gasteiger partial charge on any atom is -0.507 e. The van der Waals surface area contributed by atoms with Crippen molar-refractivity contribution < 1.29 is 19.4 Å². The number of esters is 1. The molecule has 1 amide bonds. The lowest BCUT2D eigenvalue weighted by Crippen LogP contribution is -2.38. The number of phenolic OH excluding ortho intramolecular Hbond substituents is 1. The Morgan fingerprint density at radius 2 is 1.90 bits per heavy atom. The molecule has 2 N–H and O–H groups in total. The topological polar surface area (TPSA) is 75.6 Å². The van der Waals surface area contributed by atoms with Crippen molar-refractivity contribution in [3.63, 3.8) is 0 Å². The number of amides is 1. The maximum Gasteiger partial charge on any atom is 0.308 e. The number of rotatable bonds is 3. The molecule has 1 aliphatic rings. The minimum absolute atomic E-state index is 0.0262. The molecule has 1 saturated carbocycles. The zero-order valence-electron chi connectivity index (χ0n) is 12.4. The lowest BCUT2D eigenvalue weighted by atomic mass is 9.86. The minimum atomic E-state index is -0.266. The van der Waals surface area contributed by atoms with E-state index in [1.165, 1.54) is 7.11 Å². The number of carbonyl (C=O) groups is 2. The predicted molar refractivity (Wildman–Crippen MR) is 78.1 cm³/mol. The summed E-state index contributed by atoms with van der Waals surface area (Å²) < 4.78 is 4.74. The Bertz CT molecular complexity index is 533. The van der Waals surface area contributed by atoms with E-state index in [0.717, 1.165) is 25.7 Å². The molecular formula is C16H21NO4. The van der Waals surface area contributed by atoms with Gasteiger partial charge in [-0.2, -0.15) is 0 Å². The molecule has 1 aromatic carbocycles. The number of hydrogen-bond donors (Lipinski definition) is 2. The van der Waals surface area contributed by atoms with Gasteiger partial charge < -0.3 is 15.2 Å². The molecule has 0 heterocycles. The Labute approximate surface area is 124 Å². The van der Waals surface area contributed by atoms with E-state index >= 15 is 0 Å². The molecule has 5 heteroatoms. The third-order valence-corrected chi connectivity index (χ3v) is 4.08. The van der Waals surface area contributed by atoms with E-state index in [0.29, 0.717) is 11.1 Å². The Hall–Kier alpha value is -2.04. The zero-order valence-corrected chi connectivity index (χ0v) is 12.4. The van der Waals surface area contributed by atoms with Gasteiger partial charge in [0.2, 0.25) is 0 Å². The van der Waals surface area contributed by atoms with Crippen LogP contribution in [-0.4, -0.2) is 30.1 Å². The number of hydrogen-bond acceptors (Lipinski definition) is 4. The largest absolute Gasteiger partial charge is 0.507 e. The first-order valence-electron chi connectivity index (χ1n) is 7.20. The molecule has 1 aromatic rings. The fourth-order valence-electron chi connectivity index (χ4n) is 2.75. The van der Waals surface area contributed by atoms with Crippen molar-refractivity contribution in [2.45, 2.75) is 38.6 Å². The van der Waals surface area contributed by atoms with E-state index in [4.69, 9.17) is 4.74 Å². The standard InChI is InChI=1S/C16H21NO4/c1-10-4-3-5-13(14(10)18)15(19)17-12-8-6-11(7-9-12)16(20)21-2/h3-5,11-12,18H,6-9H2,1-2H3,(H,17,19). The van der Waals surface area contributed by atoms with E-state index in [9.17, 15) is 14.7 Å².